The Morgan fingerprint density at radius 1 is 1.09 bits per heavy atom. The Bertz CT molecular complexity index is 1090. The number of aromatic hydroxyl groups is 1. The molecule has 2 N–H and O–H groups in total. The minimum absolute atomic E-state index is 0.0352. The van der Waals surface area contributed by atoms with Crippen LogP contribution in [0.4, 0.5) is 0 Å². The molecule has 34 heavy (non-hydrogen) atoms. The number of ether oxygens (including phenoxy) is 2. The number of morpholine rings is 1. The van der Waals surface area contributed by atoms with Crippen LogP contribution in [0.15, 0.2) is 48.0 Å². The number of ketones is 1. The van der Waals surface area contributed by atoms with E-state index in [1.54, 1.807) is 24.3 Å². The van der Waals surface area contributed by atoms with Gasteiger partial charge < -0.3 is 24.6 Å². The van der Waals surface area contributed by atoms with Crippen molar-refractivity contribution in [3.05, 3.63) is 64.7 Å². The molecule has 1 amide bonds. The van der Waals surface area contributed by atoms with E-state index in [4.69, 9.17) is 9.47 Å². The van der Waals surface area contributed by atoms with Crippen molar-refractivity contribution in [2.24, 2.45) is 0 Å². The molecule has 2 aromatic rings. The first-order valence-electron chi connectivity index (χ1n) is 11.4. The number of Topliss-reactive ketones (excluding diaryl/α,β-unsaturated/α-hetero) is 1. The van der Waals surface area contributed by atoms with E-state index in [9.17, 15) is 19.8 Å². The van der Waals surface area contributed by atoms with E-state index in [1.165, 1.54) is 18.1 Å². The van der Waals surface area contributed by atoms with Crippen LogP contribution in [-0.4, -0.2) is 78.2 Å². The molecule has 8 nitrogen and oxygen atoms in total. The molecule has 0 spiro atoms. The van der Waals surface area contributed by atoms with Gasteiger partial charge in [0, 0.05) is 31.7 Å². The second-order valence-electron chi connectivity index (χ2n) is 8.60. The van der Waals surface area contributed by atoms with Crippen LogP contribution in [0.3, 0.4) is 0 Å². The highest BCUT2D eigenvalue weighted by molar-refractivity contribution is 6.46. The van der Waals surface area contributed by atoms with Gasteiger partial charge >= 0.3 is 0 Å². The average Bonchev–Trinajstić information content (AvgIpc) is 3.10. The largest absolute Gasteiger partial charge is 0.507 e. The van der Waals surface area contributed by atoms with Gasteiger partial charge in [-0.3, -0.25) is 14.5 Å². The molecule has 0 aliphatic carbocycles. The van der Waals surface area contributed by atoms with Crippen molar-refractivity contribution >= 4 is 17.4 Å². The maximum Gasteiger partial charge on any atom is 0.295 e. The number of aryl methyl sites for hydroxylation is 1. The molecule has 2 fully saturated rings. The lowest BCUT2D eigenvalue weighted by Crippen LogP contribution is -2.38. The van der Waals surface area contributed by atoms with Crippen LogP contribution in [0.1, 0.15) is 29.2 Å². The van der Waals surface area contributed by atoms with Crippen LogP contribution in [-0.2, 0) is 14.3 Å². The molecule has 4 rings (SSSR count). The average molecular weight is 467 g/mol. The summed E-state index contributed by atoms with van der Waals surface area (Å²) in [7, 11) is 1.43. The summed E-state index contributed by atoms with van der Waals surface area (Å²) in [5.74, 6) is -1.40. The molecular formula is C26H30N2O6. The summed E-state index contributed by atoms with van der Waals surface area (Å²) in [6.07, 6.45) is 0.670. The molecule has 2 saturated heterocycles. The number of likely N-dealkylation sites (tertiary alicyclic amines) is 1. The normalized spacial score (nSPS) is 20.6. The van der Waals surface area contributed by atoms with Gasteiger partial charge in [0.05, 0.1) is 31.9 Å². The van der Waals surface area contributed by atoms with E-state index in [0.29, 0.717) is 37.3 Å². The number of aliphatic hydroxyl groups is 1. The Hall–Kier alpha value is -3.36. The predicted octanol–water partition coefficient (Wildman–Crippen LogP) is 2.85. The van der Waals surface area contributed by atoms with Gasteiger partial charge in [-0.25, -0.2) is 0 Å². The highest BCUT2D eigenvalue weighted by Gasteiger charge is 2.46. The molecule has 2 aromatic carbocycles. The van der Waals surface area contributed by atoms with Crippen LogP contribution >= 0.6 is 0 Å². The van der Waals surface area contributed by atoms with Crippen molar-refractivity contribution in [3.63, 3.8) is 0 Å². The van der Waals surface area contributed by atoms with E-state index >= 15 is 0 Å². The van der Waals surface area contributed by atoms with Gasteiger partial charge in [-0.1, -0.05) is 35.9 Å². The third-order valence-electron chi connectivity index (χ3n) is 6.36. The molecule has 1 atom stereocenters. The van der Waals surface area contributed by atoms with Crippen molar-refractivity contribution in [3.8, 4) is 11.5 Å². The number of phenolic OH excluding ortho intramolecular Hbond substituents is 1. The Morgan fingerprint density at radius 2 is 1.79 bits per heavy atom. The molecule has 0 unspecified atom stereocenters. The zero-order chi connectivity index (χ0) is 24.2. The lowest BCUT2D eigenvalue weighted by Gasteiger charge is -2.29. The van der Waals surface area contributed by atoms with Crippen molar-refractivity contribution in [1.29, 1.82) is 0 Å². The Balaban J connectivity index is 1.70. The quantitative estimate of drug-likeness (QED) is 0.368. The highest BCUT2D eigenvalue weighted by atomic mass is 16.5. The van der Waals surface area contributed by atoms with Gasteiger partial charge in [0.25, 0.3) is 11.7 Å². The number of hydrogen-bond donors (Lipinski definition) is 2. The summed E-state index contributed by atoms with van der Waals surface area (Å²) >= 11 is 0. The number of carbonyl (C=O) groups excluding carboxylic acids is 2. The summed E-state index contributed by atoms with van der Waals surface area (Å²) in [5, 5.41) is 21.2. The predicted molar refractivity (Wildman–Crippen MR) is 127 cm³/mol. The Kier molecular flexibility index (Phi) is 7.19. The molecule has 0 radical (unpaired) electrons. The molecule has 2 heterocycles. The summed E-state index contributed by atoms with van der Waals surface area (Å²) in [6.45, 7) is 6.11. The molecule has 8 heteroatoms. The number of nitrogens with zero attached hydrogens (tertiary/aromatic N) is 2. The maximum atomic E-state index is 13.2. The van der Waals surface area contributed by atoms with Crippen molar-refractivity contribution in [1.82, 2.24) is 9.80 Å². The molecule has 0 aromatic heterocycles. The van der Waals surface area contributed by atoms with Crippen LogP contribution in [0.2, 0.25) is 0 Å². The Morgan fingerprint density at radius 3 is 2.47 bits per heavy atom. The SMILES string of the molecule is COc1cc([C@H]2C(=C(O)c3ccc(C)cc3)C(=O)C(=O)N2CCCN2CCOCC2)ccc1O. The van der Waals surface area contributed by atoms with Gasteiger partial charge in [0.1, 0.15) is 5.76 Å². The summed E-state index contributed by atoms with van der Waals surface area (Å²) in [5.41, 5.74) is 2.09. The first-order valence-corrected chi connectivity index (χ1v) is 11.4. The fourth-order valence-corrected chi connectivity index (χ4v) is 4.48. The zero-order valence-electron chi connectivity index (χ0n) is 19.5. The van der Waals surface area contributed by atoms with Crippen LogP contribution in [0.25, 0.3) is 5.76 Å². The number of carbonyl (C=O) groups is 2. The van der Waals surface area contributed by atoms with E-state index in [2.05, 4.69) is 4.90 Å². The van der Waals surface area contributed by atoms with Crippen LogP contribution in [0.5, 0.6) is 11.5 Å². The minimum Gasteiger partial charge on any atom is -0.507 e. The van der Waals surface area contributed by atoms with Crippen molar-refractivity contribution < 1.29 is 29.3 Å². The van der Waals surface area contributed by atoms with E-state index in [0.717, 1.165) is 25.2 Å². The number of phenols is 1. The number of amides is 1. The number of rotatable bonds is 7. The number of benzene rings is 2. The standard InChI is InChI=1S/C26H30N2O6/c1-17-4-6-18(7-5-17)24(30)22-23(19-8-9-20(29)21(16-19)33-2)28(26(32)25(22)31)11-3-10-27-12-14-34-15-13-27/h4-9,16,23,29-30H,3,10-15H2,1-2H3/t23-/m0/s1. The van der Waals surface area contributed by atoms with Crippen LogP contribution in [0, 0.1) is 6.92 Å². The van der Waals surface area contributed by atoms with Gasteiger partial charge in [-0.2, -0.15) is 0 Å². The van der Waals surface area contributed by atoms with Gasteiger partial charge in [0.2, 0.25) is 0 Å². The van der Waals surface area contributed by atoms with E-state index < -0.39 is 17.7 Å². The molecule has 0 saturated carbocycles. The second-order valence-corrected chi connectivity index (χ2v) is 8.60. The van der Waals surface area contributed by atoms with Crippen molar-refractivity contribution in [2.75, 3.05) is 46.5 Å². The summed E-state index contributed by atoms with van der Waals surface area (Å²) in [4.78, 5) is 30.0. The lowest BCUT2D eigenvalue weighted by molar-refractivity contribution is -0.140. The fourth-order valence-electron chi connectivity index (χ4n) is 4.48. The smallest absolute Gasteiger partial charge is 0.295 e. The minimum atomic E-state index is -0.791. The maximum absolute atomic E-state index is 13.2. The van der Waals surface area contributed by atoms with E-state index in [1.807, 2.05) is 19.1 Å². The first kappa shape index (κ1) is 23.8. The first-order chi connectivity index (χ1) is 16.4. The van der Waals surface area contributed by atoms with Gasteiger partial charge in [-0.05, 0) is 31.0 Å². The monoisotopic (exact) mass is 466 g/mol. The lowest BCUT2D eigenvalue weighted by atomic mass is 9.94. The zero-order valence-corrected chi connectivity index (χ0v) is 19.5. The molecule has 0 bridgehead atoms. The van der Waals surface area contributed by atoms with Gasteiger partial charge in [0.15, 0.2) is 11.5 Å². The third-order valence-corrected chi connectivity index (χ3v) is 6.36. The summed E-state index contributed by atoms with van der Waals surface area (Å²) in [6, 6.07) is 11.1. The molecular weight excluding hydrogens is 436 g/mol. The highest BCUT2D eigenvalue weighted by Crippen LogP contribution is 2.41. The number of methoxy groups -OCH3 is 1. The number of aliphatic hydroxyl groups excluding tert-OH is 1. The van der Waals surface area contributed by atoms with Crippen LogP contribution < -0.4 is 4.74 Å². The fraction of sp³-hybridized carbons (Fsp3) is 0.385. The number of hydrogen-bond acceptors (Lipinski definition) is 7. The Labute approximate surface area is 199 Å². The van der Waals surface area contributed by atoms with Crippen molar-refractivity contribution in [2.45, 2.75) is 19.4 Å². The summed E-state index contributed by atoms with van der Waals surface area (Å²) < 4.78 is 10.6. The second kappa shape index (κ2) is 10.3. The third kappa shape index (κ3) is 4.78. The topological polar surface area (TPSA) is 99.5 Å². The molecule has 2 aliphatic heterocycles. The molecule has 2 aliphatic rings. The molecule has 180 valence electrons. The van der Waals surface area contributed by atoms with E-state index in [-0.39, 0.29) is 22.8 Å². The van der Waals surface area contributed by atoms with Gasteiger partial charge in [-0.15, -0.1) is 0 Å².